The van der Waals surface area contributed by atoms with Gasteiger partial charge in [0.15, 0.2) is 0 Å². The van der Waals surface area contributed by atoms with Crippen LogP contribution in [0.3, 0.4) is 0 Å². The van der Waals surface area contributed by atoms with E-state index >= 15 is 0 Å². The first-order valence-electron chi connectivity index (χ1n) is 6.53. The van der Waals surface area contributed by atoms with Gasteiger partial charge in [0, 0.05) is 5.02 Å². The highest BCUT2D eigenvalue weighted by atomic mass is 35.5. The second-order valence-corrected chi connectivity index (χ2v) is 8.04. The lowest BCUT2D eigenvalue weighted by Gasteiger charge is -2.24. The van der Waals surface area contributed by atoms with E-state index in [9.17, 15) is 13.7 Å². The topological polar surface area (TPSA) is 70.0 Å². The zero-order valence-electron chi connectivity index (χ0n) is 12.0. The number of hydrogen-bond acceptors (Lipinski definition) is 3. The molecule has 1 aromatic carbocycles. The summed E-state index contributed by atoms with van der Waals surface area (Å²) in [6.45, 7) is 4.89. The number of nitrogens with one attached hydrogen (secondary N) is 1. The minimum Gasteiger partial charge on any atom is -0.207 e. The zero-order chi connectivity index (χ0) is 16.0. The predicted octanol–water partition coefficient (Wildman–Crippen LogP) is 3.58. The Bertz CT molecular complexity index is 710. The van der Waals surface area contributed by atoms with E-state index in [1.807, 2.05) is 0 Å². The Hall–Kier alpha value is -0.800. The number of nitrogens with zero attached hydrogens (tertiary/aromatic N) is 1. The molecule has 1 aliphatic carbocycles. The fraction of sp³-hybridized carbons (Fsp3) is 0.500. The van der Waals surface area contributed by atoms with Crippen LogP contribution in [0.2, 0.25) is 10.0 Å². The normalized spacial score (nSPS) is 18.1. The molecule has 1 fully saturated rings. The van der Waals surface area contributed by atoms with Crippen LogP contribution < -0.4 is 4.72 Å². The Morgan fingerprint density at radius 1 is 1.38 bits per heavy atom. The van der Waals surface area contributed by atoms with Crippen molar-refractivity contribution >= 4 is 33.2 Å². The molecule has 0 heterocycles. The lowest BCUT2D eigenvalue weighted by molar-refractivity contribution is 0.458. The van der Waals surface area contributed by atoms with Gasteiger partial charge >= 0.3 is 0 Å². The fourth-order valence-electron chi connectivity index (χ4n) is 2.32. The van der Waals surface area contributed by atoms with Gasteiger partial charge in [0.05, 0.1) is 11.1 Å². The molecule has 114 valence electrons. The molecule has 2 rings (SSSR count). The largest absolute Gasteiger partial charge is 0.243 e. The van der Waals surface area contributed by atoms with Gasteiger partial charge in [0.25, 0.3) is 0 Å². The minimum atomic E-state index is -3.93. The molecule has 1 aliphatic rings. The Kier molecular flexibility index (Phi) is 4.29. The summed E-state index contributed by atoms with van der Waals surface area (Å²) in [5, 5.41) is 9.79. The van der Waals surface area contributed by atoms with E-state index in [4.69, 9.17) is 23.2 Å². The van der Waals surface area contributed by atoms with Crippen LogP contribution in [-0.2, 0) is 10.0 Å². The average Bonchev–Trinajstić information content (AvgIpc) is 3.20. The van der Waals surface area contributed by atoms with Crippen LogP contribution in [0.5, 0.6) is 0 Å². The van der Waals surface area contributed by atoms with Crippen molar-refractivity contribution in [2.24, 2.45) is 5.92 Å². The molecule has 0 aliphatic heterocycles. The van der Waals surface area contributed by atoms with Crippen LogP contribution in [0.15, 0.2) is 11.0 Å². The molecule has 0 bridgehead atoms. The van der Waals surface area contributed by atoms with Crippen LogP contribution in [0.4, 0.5) is 0 Å². The molecule has 21 heavy (non-hydrogen) atoms. The number of aryl methyl sites for hydroxylation is 1. The first kappa shape index (κ1) is 16.6. The van der Waals surface area contributed by atoms with Crippen LogP contribution in [-0.4, -0.2) is 14.0 Å². The first-order chi connectivity index (χ1) is 9.62. The summed E-state index contributed by atoms with van der Waals surface area (Å²) in [4.78, 5) is -0.0451. The number of nitriles is 1. The van der Waals surface area contributed by atoms with Crippen molar-refractivity contribution in [3.8, 4) is 6.07 Å². The number of rotatable bonds is 4. The lowest BCUT2D eigenvalue weighted by Crippen LogP contribution is -2.46. The highest BCUT2D eigenvalue weighted by Gasteiger charge is 2.45. The van der Waals surface area contributed by atoms with Crippen molar-refractivity contribution in [1.29, 1.82) is 5.26 Å². The SMILES string of the molecule is Cc1cc(Cl)c(C)c(S(=O)(=O)N[C@@](C)(C#N)C2CC2)c1Cl. The van der Waals surface area contributed by atoms with E-state index in [-0.39, 0.29) is 15.8 Å². The maximum Gasteiger partial charge on any atom is 0.243 e. The summed E-state index contributed by atoms with van der Waals surface area (Å²) in [5.74, 6) is 0.0386. The molecule has 0 spiro atoms. The summed E-state index contributed by atoms with van der Waals surface area (Å²) in [6.07, 6.45) is 1.68. The summed E-state index contributed by atoms with van der Waals surface area (Å²) in [6, 6.07) is 3.70. The van der Waals surface area contributed by atoms with Crippen molar-refractivity contribution < 1.29 is 8.42 Å². The second kappa shape index (κ2) is 5.44. The van der Waals surface area contributed by atoms with E-state index in [0.717, 1.165) is 12.8 Å². The van der Waals surface area contributed by atoms with Crippen LogP contribution >= 0.6 is 23.2 Å². The number of sulfonamides is 1. The smallest absolute Gasteiger partial charge is 0.207 e. The Morgan fingerprint density at radius 2 is 1.95 bits per heavy atom. The van der Waals surface area contributed by atoms with Crippen LogP contribution in [0, 0.1) is 31.1 Å². The van der Waals surface area contributed by atoms with E-state index in [1.54, 1.807) is 26.8 Å². The van der Waals surface area contributed by atoms with E-state index in [2.05, 4.69) is 10.8 Å². The van der Waals surface area contributed by atoms with Crippen LogP contribution in [0.25, 0.3) is 0 Å². The van der Waals surface area contributed by atoms with Gasteiger partial charge < -0.3 is 0 Å². The highest BCUT2D eigenvalue weighted by Crippen LogP contribution is 2.41. The summed E-state index contributed by atoms with van der Waals surface area (Å²) in [5.41, 5.74) is -0.154. The van der Waals surface area contributed by atoms with Crippen molar-refractivity contribution in [2.45, 2.75) is 44.0 Å². The van der Waals surface area contributed by atoms with Crippen molar-refractivity contribution in [3.05, 3.63) is 27.2 Å². The molecule has 1 aromatic rings. The third-order valence-electron chi connectivity index (χ3n) is 3.83. The quantitative estimate of drug-likeness (QED) is 0.905. The van der Waals surface area contributed by atoms with E-state index < -0.39 is 15.6 Å². The fourth-order valence-corrected chi connectivity index (χ4v) is 4.92. The Labute approximate surface area is 135 Å². The molecule has 0 amide bonds. The van der Waals surface area contributed by atoms with Crippen molar-refractivity contribution in [3.63, 3.8) is 0 Å². The predicted molar refractivity (Wildman–Crippen MR) is 83.0 cm³/mol. The molecule has 0 aromatic heterocycles. The number of hydrogen-bond donors (Lipinski definition) is 1. The second-order valence-electron chi connectivity index (χ2n) is 5.64. The van der Waals surface area contributed by atoms with Gasteiger partial charge in [-0.25, -0.2) is 8.42 Å². The lowest BCUT2D eigenvalue weighted by atomic mass is 10.0. The monoisotopic (exact) mass is 346 g/mol. The van der Waals surface area contributed by atoms with Gasteiger partial charge in [-0.05, 0) is 56.7 Å². The number of halogens is 2. The van der Waals surface area contributed by atoms with E-state index in [0.29, 0.717) is 16.1 Å². The maximum absolute atomic E-state index is 12.7. The number of benzene rings is 1. The Balaban J connectivity index is 2.53. The van der Waals surface area contributed by atoms with Crippen LogP contribution in [0.1, 0.15) is 30.9 Å². The minimum absolute atomic E-state index is 0.0386. The molecule has 1 N–H and O–H groups in total. The molecular weight excluding hydrogens is 331 g/mol. The van der Waals surface area contributed by atoms with Crippen molar-refractivity contribution in [2.75, 3.05) is 0 Å². The average molecular weight is 347 g/mol. The van der Waals surface area contributed by atoms with Gasteiger partial charge in [0.1, 0.15) is 10.4 Å². The molecule has 0 saturated heterocycles. The molecule has 1 saturated carbocycles. The van der Waals surface area contributed by atoms with Gasteiger partial charge in [-0.1, -0.05) is 23.2 Å². The molecule has 1 atom stereocenters. The standard InChI is InChI=1S/C14H16Cl2N2O2S/c1-8-6-11(15)9(2)13(12(8)16)21(19,20)18-14(3,7-17)10-4-5-10/h6,10,18H,4-5H2,1-3H3/t14-/m0/s1. The van der Waals surface area contributed by atoms with Gasteiger partial charge in [-0.2, -0.15) is 9.98 Å². The first-order valence-corrected chi connectivity index (χ1v) is 8.76. The third kappa shape index (κ3) is 3.04. The zero-order valence-corrected chi connectivity index (χ0v) is 14.3. The summed E-state index contributed by atoms with van der Waals surface area (Å²) >= 11 is 12.2. The van der Waals surface area contributed by atoms with Gasteiger partial charge in [-0.15, -0.1) is 0 Å². The molecular formula is C14H16Cl2N2O2S. The third-order valence-corrected chi connectivity index (χ3v) is 6.56. The van der Waals surface area contributed by atoms with Gasteiger partial charge in [0.2, 0.25) is 10.0 Å². The molecule has 0 radical (unpaired) electrons. The Morgan fingerprint density at radius 3 is 2.43 bits per heavy atom. The summed E-state index contributed by atoms with van der Waals surface area (Å²) in [7, 11) is -3.93. The molecule has 4 nitrogen and oxygen atoms in total. The molecule has 7 heteroatoms. The maximum atomic E-state index is 12.7. The van der Waals surface area contributed by atoms with E-state index in [1.165, 1.54) is 0 Å². The summed E-state index contributed by atoms with van der Waals surface area (Å²) < 4.78 is 27.9. The highest BCUT2D eigenvalue weighted by molar-refractivity contribution is 7.89. The molecule has 0 unspecified atom stereocenters. The van der Waals surface area contributed by atoms with Gasteiger partial charge in [-0.3, -0.25) is 0 Å². The van der Waals surface area contributed by atoms with Crippen molar-refractivity contribution in [1.82, 2.24) is 4.72 Å².